The Balaban J connectivity index is 1.40. The minimum Gasteiger partial charge on any atom is -0.354 e. The summed E-state index contributed by atoms with van der Waals surface area (Å²) in [4.78, 5) is 11.0. The number of hydrogen-bond acceptors (Lipinski definition) is 4. The topological polar surface area (TPSA) is 56.0 Å². The summed E-state index contributed by atoms with van der Waals surface area (Å²) < 4.78 is 0. The highest BCUT2D eigenvalue weighted by molar-refractivity contribution is 5.92. The zero-order valence-corrected chi connectivity index (χ0v) is 20.0. The molecule has 2 aromatic heterocycles. The van der Waals surface area contributed by atoms with Crippen molar-refractivity contribution >= 4 is 10.9 Å². The Labute approximate surface area is 192 Å². The summed E-state index contributed by atoms with van der Waals surface area (Å²) in [5.41, 5.74) is 15.4. The average Bonchev–Trinajstić information content (AvgIpc) is 3.40. The predicted octanol–water partition coefficient (Wildman–Crippen LogP) is 4.87. The monoisotopic (exact) mass is 431 g/mol. The second-order valence-corrected chi connectivity index (χ2v) is 10.2. The van der Waals surface area contributed by atoms with Gasteiger partial charge in [-0.05, 0) is 92.9 Å². The smallest absolute Gasteiger partial charge is 0.0501 e. The Morgan fingerprint density at radius 3 is 2.34 bits per heavy atom. The van der Waals surface area contributed by atoms with Gasteiger partial charge in [0.25, 0.3) is 0 Å². The Morgan fingerprint density at radius 1 is 1.00 bits per heavy atom. The highest BCUT2D eigenvalue weighted by Gasteiger charge is 2.25. The van der Waals surface area contributed by atoms with Crippen molar-refractivity contribution in [3.63, 3.8) is 0 Å². The van der Waals surface area contributed by atoms with E-state index in [0.29, 0.717) is 11.8 Å². The van der Waals surface area contributed by atoms with Gasteiger partial charge < -0.3 is 9.88 Å². The number of aromatic nitrogens is 2. The third-order valence-corrected chi connectivity index (χ3v) is 7.29. The van der Waals surface area contributed by atoms with Gasteiger partial charge in [-0.3, -0.25) is 15.8 Å². The van der Waals surface area contributed by atoms with E-state index in [1.807, 2.05) is 0 Å². The van der Waals surface area contributed by atoms with Crippen LogP contribution in [0, 0.1) is 19.8 Å². The van der Waals surface area contributed by atoms with Crippen molar-refractivity contribution in [2.45, 2.75) is 52.4 Å². The SMILES string of the molecule is Cc1cc(-c2[nH]c3ccc(C4CCN(CC5CNNC5)CC4)cc3c2C(C)C)cc(C)n1. The molecule has 0 atom stereocenters. The van der Waals surface area contributed by atoms with Crippen LogP contribution in [0.3, 0.4) is 0 Å². The molecule has 0 aliphatic carbocycles. The van der Waals surface area contributed by atoms with E-state index in [0.717, 1.165) is 30.4 Å². The van der Waals surface area contributed by atoms with E-state index in [-0.39, 0.29) is 0 Å². The fraction of sp³-hybridized carbons (Fsp3) is 0.519. The first kappa shape index (κ1) is 21.6. The van der Waals surface area contributed by atoms with Crippen molar-refractivity contribution in [2.75, 3.05) is 32.7 Å². The number of rotatable bonds is 5. The van der Waals surface area contributed by atoms with E-state index in [1.54, 1.807) is 0 Å². The highest BCUT2D eigenvalue weighted by Crippen LogP contribution is 2.38. The Kier molecular flexibility index (Phi) is 6.06. The standard InChI is InChI=1S/C27H37N5/c1-17(2)26-24-13-22(21-7-9-32(10-8-21)16-20-14-28-29-15-20)5-6-25(24)31-27(26)23-11-18(3)30-19(4)12-23/h5-6,11-13,17,20-21,28-29,31H,7-10,14-16H2,1-4H3. The second kappa shape index (κ2) is 8.97. The molecule has 2 saturated heterocycles. The van der Waals surface area contributed by atoms with Crippen LogP contribution < -0.4 is 10.9 Å². The van der Waals surface area contributed by atoms with Crippen molar-refractivity contribution in [1.29, 1.82) is 0 Å². The van der Waals surface area contributed by atoms with Crippen LogP contribution in [0.1, 0.15) is 61.0 Å². The first-order valence-electron chi connectivity index (χ1n) is 12.3. The number of likely N-dealkylation sites (tertiary alicyclic amines) is 1. The van der Waals surface area contributed by atoms with Crippen LogP contribution in [0.4, 0.5) is 0 Å². The van der Waals surface area contributed by atoms with Gasteiger partial charge in [0.2, 0.25) is 0 Å². The van der Waals surface area contributed by atoms with Crippen molar-refractivity contribution in [1.82, 2.24) is 25.7 Å². The Hall–Kier alpha value is -2.21. The van der Waals surface area contributed by atoms with E-state index in [1.165, 1.54) is 65.8 Å². The molecule has 5 heteroatoms. The third-order valence-electron chi connectivity index (χ3n) is 7.29. The number of aromatic amines is 1. The number of nitrogens with zero attached hydrogens (tertiary/aromatic N) is 2. The fourth-order valence-corrected chi connectivity index (χ4v) is 5.74. The van der Waals surface area contributed by atoms with Crippen LogP contribution in [-0.4, -0.2) is 47.6 Å². The normalized spacial score (nSPS) is 18.9. The van der Waals surface area contributed by atoms with Crippen LogP contribution >= 0.6 is 0 Å². The average molecular weight is 432 g/mol. The van der Waals surface area contributed by atoms with Crippen molar-refractivity contribution in [2.24, 2.45) is 5.92 Å². The molecule has 3 aromatic rings. The highest BCUT2D eigenvalue weighted by atomic mass is 15.4. The first-order chi connectivity index (χ1) is 15.5. The summed E-state index contributed by atoms with van der Waals surface area (Å²) in [6.07, 6.45) is 2.52. The molecule has 3 N–H and O–H groups in total. The van der Waals surface area contributed by atoms with Gasteiger partial charge in [0.05, 0.1) is 5.69 Å². The molecule has 0 amide bonds. The predicted molar refractivity (Wildman–Crippen MR) is 133 cm³/mol. The first-order valence-corrected chi connectivity index (χ1v) is 12.3. The zero-order chi connectivity index (χ0) is 22.2. The molecule has 32 heavy (non-hydrogen) atoms. The Morgan fingerprint density at radius 2 is 1.69 bits per heavy atom. The van der Waals surface area contributed by atoms with Crippen LogP contribution in [0.15, 0.2) is 30.3 Å². The lowest BCUT2D eigenvalue weighted by molar-refractivity contribution is 0.190. The number of H-pyrrole nitrogens is 1. The van der Waals surface area contributed by atoms with Crippen LogP contribution in [0.2, 0.25) is 0 Å². The number of benzene rings is 1. The van der Waals surface area contributed by atoms with Crippen molar-refractivity contribution < 1.29 is 0 Å². The summed E-state index contributed by atoms with van der Waals surface area (Å²) in [5, 5.41) is 1.39. The molecule has 0 spiro atoms. The van der Waals surface area contributed by atoms with Gasteiger partial charge in [-0.25, -0.2) is 0 Å². The molecule has 5 nitrogen and oxygen atoms in total. The second-order valence-electron chi connectivity index (χ2n) is 10.2. The molecule has 4 heterocycles. The van der Waals surface area contributed by atoms with E-state index < -0.39 is 0 Å². The minimum atomic E-state index is 0.457. The van der Waals surface area contributed by atoms with Gasteiger partial charge in [-0.1, -0.05) is 19.9 Å². The number of piperidine rings is 1. The van der Waals surface area contributed by atoms with E-state index in [4.69, 9.17) is 0 Å². The Bertz CT molecular complexity index is 1060. The maximum atomic E-state index is 4.58. The lowest BCUT2D eigenvalue weighted by atomic mass is 9.87. The largest absolute Gasteiger partial charge is 0.354 e. The molecule has 0 bridgehead atoms. The fourth-order valence-electron chi connectivity index (χ4n) is 5.74. The van der Waals surface area contributed by atoms with E-state index >= 15 is 0 Å². The molecule has 1 aromatic carbocycles. The van der Waals surface area contributed by atoms with Crippen LogP contribution in [-0.2, 0) is 0 Å². The summed E-state index contributed by atoms with van der Waals surface area (Å²) in [5.74, 6) is 1.87. The number of hydrazine groups is 1. The summed E-state index contributed by atoms with van der Waals surface area (Å²) >= 11 is 0. The molecule has 2 aliphatic rings. The number of nitrogens with one attached hydrogen (secondary N) is 3. The van der Waals surface area contributed by atoms with Crippen LogP contribution in [0.25, 0.3) is 22.2 Å². The summed E-state index contributed by atoms with van der Waals surface area (Å²) in [7, 11) is 0. The molecular weight excluding hydrogens is 394 g/mol. The van der Waals surface area contributed by atoms with Crippen molar-refractivity contribution in [3.05, 3.63) is 52.8 Å². The van der Waals surface area contributed by atoms with Gasteiger partial charge in [0.1, 0.15) is 0 Å². The van der Waals surface area contributed by atoms with E-state index in [9.17, 15) is 0 Å². The van der Waals surface area contributed by atoms with Gasteiger partial charge >= 0.3 is 0 Å². The molecule has 0 unspecified atom stereocenters. The van der Waals surface area contributed by atoms with E-state index in [2.05, 4.69) is 83.7 Å². The third kappa shape index (κ3) is 4.34. The van der Waals surface area contributed by atoms with Gasteiger partial charge in [0, 0.05) is 47.5 Å². The molecule has 5 rings (SSSR count). The maximum Gasteiger partial charge on any atom is 0.0501 e. The molecule has 2 fully saturated rings. The zero-order valence-electron chi connectivity index (χ0n) is 20.0. The van der Waals surface area contributed by atoms with Gasteiger partial charge in [0.15, 0.2) is 0 Å². The number of aryl methyl sites for hydroxylation is 2. The lowest BCUT2D eigenvalue weighted by Crippen LogP contribution is -2.37. The number of pyridine rings is 1. The summed E-state index contributed by atoms with van der Waals surface area (Å²) in [6.45, 7) is 14.6. The molecule has 0 saturated carbocycles. The molecule has 0 radical (unpaired) electrons. The quantitative estimate of drug-likeness (QED) is 0.539. The minimum absolute atomic E-state index is 0.457. The maximum absolute atomic E-state index is 4.58. The summed E-state index contributed by atoms with van der Waals surface area (Å²) in [6, 6.07) is 11.6. The lowest BCUT2D eigenvalue weighted by Gasteiger charge is -2.33. The molecular formula is C27H37N5. The van der Waals surface area contributed by atoms with Gasteiger partial charge in [-0.2, -0.15) is 0 Å². The molecule has 2 aliphatic heterocycles. The molecule has 170 valence electrons. The van der Waals surface area contributed by atoms with Crippen molar-refractivity contribution in [3.8, 4) is 11.3 Å². The number of hydrogen-bond donors (Lipinski definition) is 3. The van der Waals surface area contributed by atoms with Gasteiger partial charge in [-0.15, -0.1) is 0 Å². The van der Waals surface area contributed by atoms with Crippen LogP contribution in [0.5, 0.6) is 0 Å². The number of fused-ring (bicyclic) bond motifs is 1.